The minimum Gasteiger partial charge on any atom is -0.353 e. The highest BCUT2D eigenvalue weighted by atomic mass is 16.7. The average Bonchev–Trinajstić information content (AvgIpc) is 2.20. The van der Waals surface area contributed by atoms with Gasteiger partial charge >= 0.3 is 0 Å². The highest BCUT2D eigenvalue weighted by Gasteiger charge is 1.94. The van der Waals surface area contributed by atoms with Crippen molar-refractivity contribution in [3.8, 4) is 0 Å². The second-order valence-corrected chi connectivity index (χ2v) is 2.83. The molecule has 0 unspecified atom stereocenters. The summed E-state index contributed by atoms with van der Waals surface area (Å²) in [6.45, 7) is 9.33. The molecule has 0 spiro atoms. The lowest BCUT2D eigenvalue weighted by Crippen LogP contribution is -2.11. The number of rotatable bonds is 7. The summed E-state index contributed by atoms with van der Waals surface area (Å²) < 4.78 is 10.1. The van der Waals surface area contributed by atoms with Gasteiger partial charge in [0, 0.05) is 13.2 Å². The van der Waals surface area contributed by atoms with Crippen molar-refractivity contribution >= 4 is 6.29 Å². The number of unbranched alkanes of at least 4 members (excludes halogenated alkanes) is 1. The Kier molecular flexibility index (Phi) is 17.6. The fraction of sp³-hybridized carbons (Fsp3) is 0.750. The van der Waals surface area contributed by atoms with Gasteiger partial charge in [-0.3, -0.25) is 4.79 Å². The van der Waals surface area contributed by atoms with Crippen molar-refractivity contribution in [2.75, 3.05) is 13.2 Å². The van der Waals surface area contributed by atoms with E-state index >= 15 is 0 Å². The fourth-order valence-corrected chi connectivity index (χ4v) is 0.836. The maximum atomic E-state index is 9.59. The smallest absolute Gasteiger partial charge is 0.154 e. The van der Waals surface area contributed by atoms with E-state index in [0.717, 1.165) is 32.3 Å². The van der Waals surface area contributed by atoms with Crippen molar-refractivity contribution < 1.29 is 14.3 Å². The van der Waals surface area contributed by atoms with E-state index < -0.39 is 0 Å². The molecule has 0 rings (SSSR count). The van der Waals surface area contributed by atoms with Crippen molar-refractivity contribution in [2.45, 2.75) is 46.8 Å². The van der Waals surface area contributed by atoms with Crippen molar-refractivity contribution in [3.05, 3.63) is 12.2 Å². The van der Waals surface area contributed by atoms with E-state index in [4.69, 9.17) is 9.47 Å². The molecule has 0 amide bonds. The number of carbonyl (C=O) groups excluding carboxylic acids is 1. The lowest BCUT2D eigenvalue weighted by Gasteiger charge is -2.09. The van der Waals surface area contributed by atoms with Crippen LogP contribution in [0.25, 0.3) is 0 Å². The monoisotopic (exact) mass is 216 g/mol. The van der Waals surface area contributed by atoms with Crippen molar-refractivity contribution in [1.82, 2.24) is 0 Å². The molecule has 15 heavy (non-hydrogen) atoms. The molecule has 0 bridgehead atoms. The zero-order chi connectivity index (χ0) is 11.9. The zero-order valence-electron chi connectivity index (χ0n) is 10.4. The van der Waals surface area contributed by atoms with Gasteiger partial charge in [-0.25, -0.2) is 0 Å². The van der Waals surface area contributed by atoms with E-state index in [1.807, 2.05) is 26.8 Å². The molecule has 0 atom stereocenters. The summed E-state index contributed by atoms with van der Waals surface area (Å²) in [5.41, 5.74) is 0. The summed E-state index contributed by atoms with van der Waals surface area (Å²) >= 11 is 0. The van der Waals surface area contributed by atoms with Gasteiger partial charge in [-0.15, -0.1) is 0 Å². The third-order valence-corrected chi connectivity index (χ3v) is 1.47. The van der Waals surface area contributed by atoms with Gasteiger partial charge < -0.3 is 9.47 Å². The first kappa shape index (κ1) is 16.7. The molecule has 0 fully saturated rings. The first-order valence-electron chi connectivity index (χ1n) is 5.56. The molecule has 0 radical (unpaired) electrons. The quantitative estimate of drug-likeness (QED) is 0.373. The third-order valence-electron chi connectivity index (χ3n) is 1.47. The predicted octanol–water partition coefficient (Wildman–Crippen LogP) is 2.95. The summed E-state index contributed by atoms with van der Waals surface area (Å²) in [4.78, 5) is 9.59. The number of ether oxygens (including phenoxy) is 2. The molecule has 90 valence electrons. The standard InChI is InChI=1S/C6H14O2.C6H10O/c1-4-7-6(3)8-5-2;1-2-3-4-5-6-7/h6H,4-5H2,1-3H3;4-6H,2-3H2,1H3/b;5-4+. The summed E-state index contributed by atoms with van der Waals surface area (Å²) in [6.07, 6.45) is 6.29. The number of hydrogen-bond acceptors (Lipinski definition) is 3. The molecule has 3 heteroatoms. The Hall–Kier alpha value is -0.670. The van der Waals surface area contributed by atoms with Gasteiger partial charge in [0.15, 0.2) is 6.29 Å². The fourth-order valence-electron chi connectivity index (χ4n) is 0.836. The molecular weight excluding hydrogens is 192 g/mol. The minimum atomic E-state index is -0.0370. The van der Waals surface area contributed by atoms with Crippen LogP contribution in [0.4, 0.5) is 0 Å². The van der Waals surface area contributed by atoms with Crippen LogP contribution in [-0.4, -0.2) is 25.8 Å². The van der Waals surface area contributed by atoms with E-state index in [9.17, 15) is 4.79 Å². The second kappa shape index (κ2) is 15.8. The molecule has 0 saturated carbocycles. The van der Waals surface area contributed by atoms with Crippen LogP contribution in [0.3, 0.4) is 0 Å². The van der Waals surface area contributed by atoms with Crippen LogP contribution < -0.4 is 0 Å². The van der Waals surface area contributed by atoms with E-state index in [0.29, 0.717) is 0 Å². The van der Waals surface area contributed by atoms with Crippen LogP contribution in [0.15, 0.2) is 12.2 Å². The number of hydrogen-bond donors (Lipinski definition) is 0. The van der Waals surface area contributed by atoms with Crippen LogP contribution >= 0.6 is 0 Å². The van der Waals surface area contributed by atoms with Gasteiger partial charge in [0.25, 0.3) is 0 Å². The largest absolute Gasteiger partial charge is 0.353 e. The van der Waals surface area contributed by atoms with Crippen LogP contribution in [0, 0.1) is 0 Å². The molecule has 0 aliphatic carbocycles. The van der Waals surface area contributed by atoms with Crippen LogP contribution in [0.5, 0.6) is 0 Å². The van der Waals surface area contributed by atoms with Crippen molar-refractivity contribution in [1.29, 1.82) is 0 Å². The van der Waals surface area contributed by atoms with Crippen LogP contribution in [0.2, 0.25) is 0 Å². The molecule has 0 aromatic rings. The summed E-state index contributed by atoms with van der Waals surface area (Å²) in [5, 5.41) is 0. The Bertz CT molecular complexity index is 138. The Morgan fingerprint density at radius 3 is 2.00 bits per heavy atom. The average molecular weight is 216 g/mol. The highest BCUT2D eigenvalue weighted by Crippen LogP contribution is 1.90. The number of carbonyl (C=O) groups is 1. The third kappa shape index (κ3) is 19.7. The highest BCUT2D eigenvalue weighted by molar-refractivity contribution is 5.64. The van der Waals surface area contributed by atoms with Crippen molar-refractivity contribution in [3.63, 3.8) is 0 Å². The molecule has 0 aliphatic rings. The molecular formula is C12H24O3. The Balaban J connectivity index is 0. The first-order valence-corrected chi connectivity index (χ1v) is 5.56. The lowest BCUT2D eigenvalue weighted by atomic mass is 10.3. The molecule has 0 heterocycles. The molecule has 0 aromatic carbocycles. The van der Waals surface area contributed by atoms with Gasteiger partial charge in [0.2, 0.25) is 0 Å². The van der Waals surface area contributed by atoms with Gasteiger partial charge in [0.1, 0.15) is 6.29 Å². The zero-order valence-corrected chi connectivity index (χ0v) is 10.4. The summed E-state index contributed by atoms with van der Waals surface area (Å²) in [5.74, 6) is 0. The molecule has 0 saturated heterocycles. The van der Waals surface area contributed by atoms with Gasteiger partial charge in [-0.05, 0) is 33.3 Å². The maximum absolute atomic E-state index is 9.59. The van der Waals surface area contributed by atoms with Crippen molar-refractivity contribution in [2.24, 2.45) is 0 Å². The Morgan fingerprint density at radius 2 is 1.67 bits per heavy atom. The minimum absolute atomic E-state index is 0.0370. The molecule has 0 N–H and O–H groups in total. The summed E-state index contributed by atoms with van der Waals surface area (Å²) in [6, 6.07) is 0. The Labute approximate surface area is 93.5 Å². The van der Waals surface area contributed by atoms with Gasteiger partial charge in [-0.1, -0.05) is 19.4 Å². The number of aldehydes is 1. The van der Waals surface area contributed by atoms with Gasteiger partial charge in [-0.2, -0.15) is 0 Å². The van der Waals surface area contributed by atoms with E-state index in [1.54, 1.807) is 0 Å². The normalized spacial score (nSPS) is 10.2. The van der Waals surface area contributed by atoms with E-state index in [1.165, 1.54) is 6.08 Å². The van der Waals surface area contributed by atoms with Crippen LogP contribution in [0.1, 0.15) is 40.5 Å². The Morgan fingerprint density at radius 1 is 1.13 bits per heavy atom. The SMILES string of the molecule is CCC/C=C/C=O.CCOC(C)OCC. The summed E-state index contributed by atoms with van der Waals surface area (Å²) in [7, 11) is 0. The first-order chi connectivity index (χ1) is 7.22. The van der Waals surface area contributed by atoms with Crippen LogP contribution in [-0.2, 0) is 14.3 Å². The van der Waals surface area contributed by atoms with E-state index in [2.05, 4.69) is 6.92 Å². The molecule has 0 aliphatic heterocycles. The van der Waals surface area contributed by atoms with E-state index in [-0.39, 0.29) is 6.29 Å². The molecule has 3 nitrogen and oxygen atoms in total. The topological polar surface area (TPSA) is 35.5 Å². The van der Waals surface area contributed by atoms with Gasteiger partial charge in [0.05, 0.1) is 0 Å². The number of allylic oxidation sites excluding steroid dienone is 2. The predicted molar refractivity (Wildman–Crippen MR) is 62.8 cm³/mol. The lowest BCUT2D eigenvalue weighted by molar-refractivity contribution is -0.123. The maximum Gasteiger partial charge on any atom is 0.154 e. The molecule has 0 aromatic heterocycles. The second-order valence-electron chi connectivity index (χ2n) is 2.83.